The SMILES string of the molecule is CSc1cccc(N2CCc3ccc(F)cc32)c1C#N. The summed E-state index contributed by atoms with van der Waals surface area (Å²) in [5.41, 5.74) is 3.53. The van der Waals surface area contributed by atoms with Crippen molar-refractivity contribution in [2.24, 2.45) is 0 Å². The monoisotopic (exact) mass is 284 g/mol. The summed E-state index contributed by atoms with van der Waals surface area (Å²) in [6, 6.07) is 13.0. The van der Waals surface area contributed by atoms with E-state index in [-0.39, 0.29) is 5.82 Å². The van der Waals surface area contributed by atoms with Crippen molar-refractivity contribution in [2.75, 3.05) is 17.7 Å². The Hall–Kier alpha value is -1.99. The van der Waals surface area contributed by atoms with Crippen LogP contribution in [0.5, 0.6) is 0 Å². The zero-order valence-corrected chi connectivity index (χ0v) is 11.9. The molecule has 1 aliphatic heterocycles. The lowest BCUT2D eigenvalue weighted by molar-refractivity contribution is 0.628. The van der Waals surface area contributed by atoms with Crippen molar-refractivity contribution in [3.05, 3.63) is 53.3 Å². The molecular formula is C16H13FN2S. The van der Waals surface area contributed by atoms with E-state index in [2.05, 4.69) is 6.07 Å². The molecule has 4 heteroatoms. The molecule has 2 aromatic rings. The smallest absolute Gasteiger partial charge is 0.125 e. The highest BCUT2D eigenvalue weighted by molar-refractivity contribution is 7.98. The van der Waals surface area contributed by atoms with Gasteiger partial charge in [0, 0.05) is 17.1 Å². The molecule has 20 heavy (non-hydrogen) atoms. The summed E-state index contributed by atoms with van der Waals surface area (Å²) in [6.45, 7) is 0.783. The molecule has 2 nitrogen and oxygen atoms in total. The fourth-order valence-corrected chi connectivity index (χ4v) is 3.20. The average molecular weight is 284 g/mol. The molecule has 0 saturated heterocycles. The standard InChI is InChI=1S/C16H13FN2S/c1-20-16-4-2-3-14(13(16)10-18)19-8-7-11-5-6-12(17)9-15(11)19/h2-6,9H,7-8H2,1H3. The molecule has 0 spiro atoms. The van der Waals surface area contributed by atoms with Crippen molar-refractivity contribution in [1.82, 2.24) is 0 Å². The first-order valence-electron chi connectivity index (χ1n) is 6.37. The van der Waals surface area contributed by atoms with Crippen LogP contribution in [0.15, 0.2) is 41.3 Å². The van der Waals surface area contributed by atoms with Crippen LogP contribution in [0, 0.1) is 17.1 Å². The molecule has 0 aromatic heterocycles. The van der Waals surface area contributed by atoms with E-state index in [1.807, 2.05) is 35.4 Å². The van der Waals surface area contributed by atoms with E-state index in [9.17, 15) is 9.65 Å². The number of hydrogen-bond acceptors (Lipinski definition) is 3. The molecule has 0 N–H and O–H groups in total. The van der Waals surface area contributed by atoms with Crippen molar-refractivity contribution >= 4 is 23.1 Å². The van der Waals surface area contributed by atoms with Crippen LogP contribution in [0.2, 0.25) is 0 Å². The second-order valence-electron chi connectivity index (χ2n) is 4.64. The Kier molecular flexibility index (Phi) is 3.37. The molecule has 0 unspecified atom stereocenters. The average Bonchev–Trinajstić information content (AvgIpc) is 2.89. The highest BCUT2D eigenvalue weighted by Crippen LogP contribution is 2.38. The lowest BCUT2D eigenvalue weighted by atomic mass is 10.1. The third-order valence-corrected chi connectivity index (χ3v) is 4.35. The number of thioether (sulfide) groups is 1. The van der Waals surface area contributed by atoms with Crippen molar-refractivity contribution < 1.29 is 4.39 Å². The van der Waals surface area contributed by atoms with Crippen molar-refractivity contribution in [1.29, 1.82) is 5.26 Å². The van der Waals surface area contributed by atoms with Crippen molar-refractivity contribution in [2.45, 2.75) is 11.3 Å². The number of anilines is 2. The van der Waals surface area contributed by atoms with Crippen LogP contribution in [0.1, 0.15) is 11.1 Å². The summed E-state index contributed by atoms with van der Waals surface area (Å²) in [6.07, 6.45) is 2.83. The highest BCUT2D eigenvalue weighted by atomic mass is 32.2. The summed E-state index contributed by atoms with van der Waals surface area (Å²) >= 11 is 1.55. The Morgan fingerprint density at radius 2 is 2.10 bits per heavy atom. The summed E-state index contributed by atoms with van der Waals surface area (Å²) in [7, 11) is 0. The molecule has 0 fully saturated rings. The van der Waals surface area contributed by atoms with Crippen molar-refractivity contribution in [3.8, 4) is 6.07 Å². The highest BCUT2D eigenvalue weighted by Gasteiger charge is 2.23. The Morgan fingerprint density at radius 3 is 2.85 bits per heavy atom. The lowest BCUT2D eigenvalue weighted by Gasteiger charge is -2.21. The number of halogens is 1. The number of nitriles is 1. The van der Waals surface area contributed by atoms with Crippen LogP contribution < -0.4 is 4.90 Å². The molecule has 0 saturated carbocycles. The number of fused-ring (bicyclic) bond motifs is 1. The van der Waals surface area contributed by atoms with Gasteiger partial charge >= 0.3 is 0 Å². The third-order valence-electron chi connectivity index (χ3n) is 3.57. The Balaban J connectivity index is 2.14. The molecule has 1 heterocycles. The summed E-state index contributed by atoms with van der Waals surface area (Å²) in [5, 5.41) is 9.43. The normalized spacial score (nSPS) is 13.2. The molecule has 0 atom stereocenters. The first-order valence-corrected chi connectivity index (χ1v) is 7.60. The zero-order chi connectivity index (χ0) is 14.1. The topological polar surface area (TPSA) is 27.0 Å². The molecular weight excluding hydrogens is 271 g/mol. The zero-order valence-electron chi connectivity index (χ0n) is 11.1. The predicted octanol–water partition coefficient (Wildman–Crippen LogP) is 4.11. The Bertz CT molecular complexity index is 706. The number of hydrogen-bond donors (Lipinski definition) is 0. The van der Waals surface area contributed by atoms with Crippen LogP contribution >= 0.6 is 11.8 Å². The van der Waals surface area contributed by atoms with E-state index >= 15 is 0 Å². The second kappa shape index (κ2) is 5.18. The van der Waals surface area contributed by atoms with Gasteiger partial charge < -0.3 is 4.90 Å². The molecule has 3 rings (SSSR count). The molecule has 100 valence electrons. The maximum atomic E-state index is 13.5. The van der Waals surface area contributed by atoms with E-state index in [1.54, 1.807) is 17.8 Å². The van der Waals surface area contributed by atoms with Gasteiger partial charge in [-0.3, -0.25) is 0 Å². The van der Waals surface area contributed by atoms with Gasteiger partial charge in [-0.05, 0) is 42.5 Å². The minimum absolute atomic E-state index is 0.241. The molecule has 0 bridgehead atoms. The first-order chi connectivity index (χ1) is 9.74. The fraction of sp³-hybridized carbons (Fsp3) is 0.188. The first kappa shape index (κ1) is 13.0. The second-order valence-corrected chi connectivity index (χ2v) is 5.49. The van der Waals surface area contributed by atoms with Crippen LogP contribution in [0.3, 0.4) is 0 Å². The van der Waals surface area contributed by atoms with E-state index in [1.165, 1.54) is 6.07 Å². The van der Waals surface area contributed by atoms with Crippen LogP contribution in [0.4, 0.5) is 15.8 Å². The fourth-order valence-electron chi connectivity index (χ4n) is 2.63. The van der Waals surface area contributed by atoms with Gasteiger partial charge in [-0.15, -0.1) is 11.8 Å². The van der Waals surface area contributed by atoms with Gasteiger partial charge in [0.2, 0.25) is 0 Å². The van der Waals surface area contributed by atoms with Crippen LogP contribution in [-0.2, 0) is 6.42 Å². The molecule has 1 aliphatic rings. The largest absolute Gasteiger partial charge is 0.340 e. The van der Waals surface area contributed by atoms with Crippen molar-refractivity contribution in [3.63, 3.8) is 0 Å². The molecule has 0 radical (unpaired) electrons. The minimum Gasteiger partial charge on any atom is -0.340 e. The van der Waals surface area contributed by atoms with Gasteiger partial charge in [0.15, 0.2) is 0 Å². The molecule has 0 aliphatic carbocycles. The minimum atomic E-state index is -0.241. The third kappa shape index (κ3) is 2.04. The molecule has 0 amide bonds. The summed E-state index contributed by atoms with van der Waals surface area (Å²) < 4.78 is 13.5. The van der Waals surface area contributed by atoms with E-state index in [4.69, 9.17) is 0 Å². The van der Waals surface area contributed by atoms with Gasteiger partial charge in [0.1, 0.15) is 11.9 Å². The summed E-state index contributed by atoms with van der Waals surface area (Å²) in [4.78, 5) is 2.99. The maximum Gasteiger partial charge on any atom is 0.125 e. The van der Waals surface area contributed by atoms with Gasteiger partial charge in [-0.25, -0.2) is 4.39 Å². The van der Waals surface area contributed by atoms with E-state index in [0.717, 1.165) is 34.8 Å². The van der Waals surface area contributed by atoms with E-state index < -0.39 is 0 Å². The number of rotatable bonds is 2. The number of nitrogens with zero attached hydrogens (tertiary/aromatic N) is 2. The van der Waals surface area contributed by atoms with Gasteiger partial charge in [-0.1, -0.05) is 12.1 Å². The predicted molar refractivity (Wildman–Crippen MR) is 80.0 cm³/mol. The number of benzene rings is 2. The maximum absolute atomic E-state index is 13.5. The van der Waals surface area contributed by atoms with E-state index in [0.29, 0.717) is 5.56 Å². The lowest BCUT2D eigenvalue weighted by Crippen LogP contribution is -2.15. The van der Waals surface area contributed by atoms with Gasteiger partial charge in [0.05, 0.1) is 11.3 Å². The van der Waals surface area contributed by atoms with Gasteiger partial charge in [-0.2, -0.15) is 5.26 Å². The Morgan fingerprint density at radius 1 is 1.25 bits per heavy atom. The molecule has 2 aromatic carbocycles. The quantitative estimate of drug-likeness (QED) is 0.776. The van der Waals surface area contributed by atoms with Gasteiger partial charge in [0.25, 0.3) is 0 Å². The van der Waals surface area contributed by atoms with Crippen LogP contribution in [0.25, 0.3) is 0 Å². The van der Waals surface area contributed by atoms with Crippen LogP contribution in [-0.4, -0.2) is 12.8 Å². The summed E-state index contributed by atoms with van der Waals surface area (Å²) in [5.74, 6) is -0.241. The Labute approximate surface area is 121 Å².